The van der Waals surface area contributed by atoms with Crippen LogP contribution in [0.3, 0.4) is 0 Å². The number of aryl methyl sites for hydroxylation is 3. The highest BCUT2D eigenvalue weighted by atomic mass is 16.3. The summed E-state index contributed by atoms with van der Waals surface area (Å²) >= 11 is 0. The van der Waals surface area contributed by atoms with Crippen molar-refractivity contribution in [3.63, 3.8) is 0 Å². The largest absolute Gasteiger partial charge is 0.507 e. The Morgan fingerprint density at radius 1 is 1.00 bits per heavy atom. The Balaban J connectivity index is 2.23. The molecule has 0 saturated carbocycles. The number of hydrogen-bond acceptors (Lipinski definition) is 3. The van der Waals surface area contributed by atoms with Gasteiger partial charge >= 0.3 is 0 Å². The third-order valence-corrected chi connectivity index (χ3v) is 3.82. The highest BCUT2D eigenvalue weighted by molar-refractivity contribution is 6.25. The van der Waals surface area contributed by atoms with E-state index in [1.165, 1.54) is 11.6 Å². The van der Waals surface area contributed by atoms with Gasteiger partial charge in [0.05, 0.1) is 17.0 Å². The van der Waals surface area contributed by atoms with E-state index in [0.717, 1.165) is 16.8 Å². The first-order valence-electron chi connectivity index (χ1n) is 7.18. The van der Waals surface area contributed by atoms with Gasteiger partial charge < -0.3 is 5.11 Å². The second-order valence-corrected chi connectivity index (χ2v) is 5.64. The Bertz CT molecular complexity index is 822. The molecule has 3 rings (SSSR count). The molecular formula is C19H17NO2. The van der Waals surface area contributed by atoms with Gasteiger partial charge in [-0.15, -0.1) is 0 Å². The molecule has 0 radical (unpaired) electrons. The maximum Gasteiger partial charge on any atom is 0.186 e. The molecule has 1 N–H and O–H groups in total. The van der Waals surface area contributed by atoms with Crippen LogP contribution in [0.25, 0.3) is 0 Å². The number of ketones is 1. The standard InChI is InChI=1S/C19H17NO2/c1-11-9-12(2)19(13(3)10-11)20-15-7-8-16(21)14-5-4-6-17(22)18(14)15/h4-10,22H,1-3H3. The summed E-state index contributed by atoms with van der Waals surface area (Å²) in [5, 5.41) is 10.1. The first kappa shape index (κ1) is 14.3. The number of phenolic OH excluding ortho intramolecular Hbond substituents is 1. The van der Waals surface area contributed by atoms with Gasteiger partial charge in [0.2, 0.25) is 0 Å². The molecule has 0 aromatic heterocycles. The number of fused-ring (bicyclic) bond motifs is 1. The van der Waals surface area contributed by atoms with E-state index in [1.807, 2.05) is 13.8 Å². The minimum absolute atomic E-state index is 0.0800. The van der Waals surface area contributed by atoms with E-state index in [4.69, 9.17) is 4.99 Å². The summed E-state index contributed by atoms with van der Waals surface area (Å²) in [5.41, 5.74) is 5.84. The second-order valence-electron chi connectivity index (χ2n) is 5.64. The molecule has 110 valence electrons. The average molecular weight is 291 g/mol. The Kier molecular flexibility index (Phi) is 3.41. The van der Waals surface area contributed by atoms with E-state index < -0.39 is 0 Å². The quantitative estimate of drug-likeness (QED) is 0.856. The van der Waals surface area contributed by atoms with Crippen molar-refractivity contribution < 1.29 is 9.90 Å². The Hall–Kier alpha value is -2.68. The monoisotopic (exact) mass is 291 g/mol. The molecule has 0 heterocycles. The molecular weight excluding hydrogens is 274 g/mol. The van der Waals surface area contributed by atoms with Crippen LogP contribution in [-0.2, 0) is 0 Å². The normalized spacial score (nSPS) is 15.2. The predicted molar refractivity (Wildman–Crippen MR) is 88.4 cm³/mol. The highest BCUT2D eigenvalue weighted by Gasteiger charge is 2.21. The minimum Gasteiger partial charge on any atom is -0.507 e. The van der Waals surface area contributed by atoms with Crippen molar-refractivity contribution in [2.75, 3.05) is 0 Å². The van der Waals surface area contributed by atoms with Crippen molar-refractivity contribution in [3.05, 3.63) is 70.3 Å². The van der Waals surface area contributed by atoms with Gasteiger partial charge in [0.1, 0.15) is 5.75 Å². The molecule has 0 aliphatic heterocycles. The van der Waals surface area contributed by atoms with Gasteiger partial charge in [-0.25, -0.2) is 4.99 Å². The highest BCUT2D eigenvalue weighted by Crippen LogP contribution is 2.31. The fraction of sp³-hybridized carbons (Fsp3) is 0.158. The van der Waals surface area contributed by atoms with Gasteiger partial charge in [-0.05, 0) is 50.1 Å². The molecule has 1 aliphatic carbocycles. The molecule has 0 fully saturated rings. The van der Waals surface area contributed by atoms with E-state index in [9.17, 15) is 9.90 Å². The number of carbonyl (C=O) groups excluding carboxylic acids is 1. The Morgan fingerprint density at radius 3 is 2.36 bits per heavy atom. The van der Waals surface area contributed by atoms with Crippen LogP contribution in [0, 0.1) is 20.8 Å². The summed E-state index contributed by atoms with van der Waals surface area (Å²) in [5.74, 6) is -0.0291. The lowest BCUT2D eigenvalue weighted by molar-refractivity contribution is 0.104. The molecule has 0 saturated heterocycles. The van der Waals surface area contributed by atoms with E-state index in [-0.39, 0.29) is 11.5 Å². The van der Waals surface area contributed by atoms with Gasteiger partial charge in [0, 0.05) is 5.56 Å². The van der Waals surface area contributed by atoms with Crippen LogP contribution in [0.1, 0.15) is 32.6 Å². The summed E-state index contributed by atoms with van der Waals surface area (Å²) in [6.45, 7) is 6.09. The molecule has 3 nitrogen and oxygen atoms in total. The van der Waals surface area contributed by atoms with Crippen LogP contribution in [0.15, 0.2) is 47.5 Å². The molecule has 0 bridgehead atoms. The predicted octanol–water partition coefficient (Wildman–Crippen LogP) is 4.19. The topological polar surface area (TPSA) is 49.7 Å². The van der Waals surface area contributed by atoms with Gasteiger partial charge in [-0.2, -0.15) is 0 Å². The minimum atomic E-state index is -0.109. The van der Waals surface area contributed by atoms with Gasteiger partial charge in [0.25, 0.3) is 0 Å². The van der Waals surface area contributed by atoms with E-state index >= 15 is 0 Å². The number of allylic oxidation sites excluding steroid dienone is 2. The number of carbonyl (C=O) groups is 1. The van der Waals surface area contributed by atoms with E-state index in [1.54, 1.807) is 24.3 Å². The maximum absolute atomic E-state index is 12.0. The first-order valence-corrected chi connectivity index (χ1v) is 7.18. The Labute approximate surface area is 129 Å². The molecule has 2 aromatic rings. The third-order valence-electron chi connectivity index (χ3n) is 3.82. The summed E-state index contributed by atoms with van der Waals surface area (Å²) in [6, 6.07) is 9.12. The second kappa shape index (κ2) is 5.26. The smallest absolute Gasteiger partial charge is 0.186 e. The van der Waals surface area contributed by atoms with Crippen LogP contribution in [-0.4, -0.2) is 16.6 Å². The molecule has 0 unspecified atom stereocenters. The van der Waals surface area contributed by atoms with Crippen molar-refractivity contribution in [1.29, 1.82) is 0 Å². The zero-order chi connectivity index (χ0) is 15.9. The van der Waals surface area contributed by atoms with Crippen LogP contribution < -0.4 is 0 Å². The zero-order valence-corrected chi connectivity index (χ0v) is 12.8. The van der Waals surface area contributed by atoms with Crippen LogP contribution in [0.2, 0.25) is 0 Å². The summed E-state index contributed by atoms with van der Waals surface area (Å²) in [4.78, 5) is 16.7. The van der Waals surface area contributed by atoms with Crippen LogP contribution in [0.5, 0.6) is 5.75 Å². The lowest BCUT2D eigenvalue weighted by Crippen LogP contribution is -2.12. The van der Waals surface area contributed by atoms with Gasteiger partial charge in [-0.1, -0.05) is 29.8 Å². The summed E-state index contributed by atoms with van der Waals surface area (Å²) in [6.07, 6.45) is 3.17. The fourth-order valence-corrected chi connectivity index (χ4v) is 2.90. The van der Waals surface area contributed by atoms with E-state index in [0.29, 0.717) is 16.8 Å². The van der Waals surface area contributed by atoms with Crippen molar-refractivity contribution in [2.45, 2.75) is 20.8 Å². The number of benzene rings is 2. The number of hydrogen-bond donors (Lipinski definition) is 1. The third kappa shape index (κ3) is 2.35. The molecule has 0 amide bonds. The number of nitrogens with zero attached hydrogens (tertiary/aromatic N) is 1. The summed E-state index contributed by atoms with van der Waals surface area (Å²) in [7, 11) is 0. The van der Waals surface area contributed by atoms with Crippen molar-refractivity contribution >= 4 is 17.2 Å². The molecule has 1 aliphatic rings. The van der Waals surface area contributed by atoms with Crippen LogP contribution in [0.4, 0.5) is 5.69 Å². The number of rotatable bonds is 1. The zero-order valence-electron chi connectivity index (χ0n) is 12.8. The molecule has 2 aromatic carbocycles. The SMILES string of the molecule is Cc1cc(C)c(N=C2C=CC(=O)c3cccc(O)c32)c(C)c1. The summed E-state index contributed by atoms with van der Waals surface area (Å²) < 4.78 is 0. The van der Waals surface area contributed by atoms with Crippen molar-refractivity contribution in [1.82, 2.24) is 0 Å². The van der Waals surface area contributed by atoms with Gasteiger partial charge in [-0.3, -0.25) is 4.79 Å². The van der Waals surface area contributed by atoms with Crippen molar-refractivity contribution in [3.8, 4) is 5.75 Å². The van der Waals surface area contributed by atoms with E-state index in [2.05, 4.69) is 19.1 Å². The number of aliphatic imine (C=N–C) groups is 1. The molecule has 0 atom stereocenters. The lowest BCUT2D eigenvalue weighted by Gasteiger charge is -2.15. The lowest BCUT2D eigenvalue weighted by atomic mass is 9.93. The fourth-order valence-electron chi connectivity index (χ4n) is 2.90. The molecule has 3 heteroatoms. The van der Waals surface area contributed by atoms with Gasteiger partial charge in [0.15, 0.2) is 5.78 Å². The van der Waals surface area contributed by atoms with Crippen LogP contribution >= 0.6 is 0 Å². The average Bonchev–Trinajstić information content (AvgIpc) is 2.45. The van der Waals surface area contributed by atoms with Crippen molar-refractivity contribution in [2.24, 2.45) is 4.99 Å². The maximum atomic E-state index is 12.0. The number of phenols is 1. The first-order chi connectivity index (χ1) is 10.5. The molecule has 0 spiro atoms. The number of aromatic hydroxyl groups is 1. The Morgan fingerprint density at radius 2 is 1.68 bits per heavy atom. The molecule has 22 heavy (non-hydrogen) atoms.